The summed E-state index contributed by atoms with van der Waals surface area (Å²) >= 11 is 1.52. The fraction of sp³-hybridized carbons (Fsp3) is 0.294. The molecule has 23 heavy (non-hydrogen) atoms. The lowest BCUT2D eigenvalue weighted by atomic mass is 9.96. The van der Waals surface area contributed by atoms with Crippen molar-refractivity contribution in [2.75, 3.05) is 6.54 Å². The van der Waals surface area contributed by atoms with Crippen molar-refractivity contribution in [1.82, 2.24) is 10.6 Å². The summed E-state index contributed by atoms with van der Waals surface area (Å²) < 4.78 is 0. The number of aryl methyl sites for hydroxylation is 1. The Labute approximate surface area is 138 Å². The number of fused-ring (bicyclic) bond motifs is 1. The molecule has 5 nitrogen and oxygen atoms in total. The van der Waals surface area contributed by atoms with E-state index in [2.05, 4.69) is 10.6 Å². The maximum absolute atomic E-state index is 11.9. The van der Waals surface area contributed by atoms with Gasteiger partial charge in [-0.05, 0) is 35.4 Å². The number of hydrogen-bond donors (Lipinski definition) is 3. The summed E-state index contributed by atoms with van der Waals surface area (Å²) in [5, 5.41) is 17.7. The summed E-state index contributed by atoms with van der Waals surface area (Å²) in [4.78, 5) is 24.7. The average molecular weight is 330 g/mol. The third kappa shape index (κ3) is 3.43. The minimum atomic E-state index is -1.10. The highest BCUT2D eigenvalue weighted by molar-refractivity contribution is 7.09. The number of rotatable bonds is 4. The van der Waals surface area contributed by atoms with E-state index in [0.717, 1.165) is 22.4 Å². The van der Waals surface area contributed by atoms with E-state index < -0.39 is 17.4 Å². The van der Waals surface area contributed by atoms with Crippen LogP contribution in [-0.4, -0.2) is 23.5 Å². The molecule has 1 aromatic heterocycles. The van der Waals surface area contributed by atoms with Gasteiger partial charge in [0.2, 0.25) is 0 Å². The van der Waals surface area contributed by atoms with Crippen LogP contribution in [0.25, 0.3) is 0 Å². The van der Waals surface area contributed by atoms with Crippen LogP contribution >= 0.6 is 11.3 Å². The van der Waals surface area contributed by atoms with Gasteiger partial charge in [0.15, 0.2) is 0 Å². The molecular formula is C17H18N2O3S. The molecule has 0 radical (unpaired) electrons. The first-order valence-corrected chi connectivity index (χ1v) is 8.36. The molecule has 0 aliphatic heterocycles. The van der Waals surface area contributed by atoms with Crippen molar-refractivity contribution >= 4 is 23.2 Å². The number of benzene rings is 1. The second-order valence-corrected chi connectivity index (χ2v) is 6.67. The zero-order valence-electron chi connectivity index (χ0n) is 12.5. The van der Waals surface area contributed by atoms with E-state index in [1.54, 1.807) is 0 Å². The van der Waals surface area contributed by atoms with Crippen LogP contribution < -0.4 is 10.6 Å². The van der Waals surface area contributed by atoms with Crippen molar-refractivity contribution < 1.29 is 14.7 Å². The van der Waals surface area contributed by atoms with Crippen LogP contribution in [0.5, 0.6) is 0 Å². The van der Waals surface area contributed by atoms with E-state index in [0.29, 0.717) is 13.0 Å². The highest BCUT2D eigenvalue weighted by Gasteiger charge is 2.36. The number of amides is 2. The predicted octanol–water partition coefficient (Wildman–Crippen LogP) is 1.31. The summed E-state index contributed by atoms with van der Waals surface area (Å²) in [6.07, 6.45) is 1.32. The third-order valence-electron chi connectivity index (χ3n) is 4.08. The SMILES string of the molecule is O=C(NCc1cccs1)C(=O)NC[C@@]1(O)CCc2ccccc21. The van der Waals surface area contributed by atoms with E-state index in [4.69, 9.17) is 0 Å². The van der Waals surface area contributed by atoms with Crippen molar-refractivity contribution in [3.63, 3.8) is 0 Å². The molecule has 1 aromatic carbocycles. The van der Waals surface area contributed by atoms with E-state index in [1.165, 1.54) is 11.3 Å². The van der Waals surface area contributed by atoms with Gasteiger partial charge in [-0.2, -0.15) is 0 Å². The van der Waals surface area contributed by atoms with Crippen molar-refractivity contribution in [3.8, 4) is 0 Å². The van der Waals surface area contributed by atoms with Gasteiger partial charge in [0.05, 0.1) is 13.1 Å². The Bertz CT molecular complexity index is 714. The highest BCUT2D eigenvalue weighted by atomic mass is 32.1. The van der Waals surface area contributed by atoms with Gasteiger partial charge >= 0.3 is 11.8 Å². The maximum atomic E-state index is 11.9. The lowest BCUT2D eigenvalue weighted by Crippen LogP contribution is -2.45. The number of thiophene rings is 1. The molecule has 0 bridgehead atoms. The fourth-order valence-electron chi connectivity index (χ4n) is 2.82. The maximum Gasteiger partial charge on any atom is 0.309 e. The van der Waals surface area contributed by atoms with Crippen LogP contribution in [0.4, 0.5) is 0 Å². The second kappa shape index (κ2) is 6.52. The molecule has 3 N–H and O–H groups in total. The van der Waals surface area contributed by atoms with Crippen LogP contribution in [0.15, 0.2) is 41.8 Å². The van der Waals surface area contributed by atoms with Gasteiger partial charge in [0.25, 0.3) is 0 Å². The molecule has 1 atom stereocenters. The normalized spacial score (nSPS) is 19.2. The molecule has 0 saturated heterocycles. The van der Waals surface area contributed by atoms with Gasteiger partial charge in [-0.1, -0.05) is 30.3 Å². The van der Waals surface area contributed by atoms with Crippen molar-refractivity contribution in [2.24, 2.45) is 0 Å². The predicted molar refractivity (Wildman–Crippen MR) is 87.8 cm³/mol. The number of carbonyl (C=O) groups is 2. The molecule has 2 aromatic rings. The second-order valence-electron chi connectivity index (χ2n) is 5.63. The molecule has 1 aliphatic rings. The van der Waals surface area contributed by atoms with Gasteiger partial charge in [-0.3, -0.25) is 9.59 Å². The molecule has 2 amide bonds. The molecular weight excluding hydrogens is 312 g/mol. The summed E-state index contributed by atoms with van der Waals surface area (Å²) in [6, 6.07) is 11.4. The highest BCUT2D eigenvalue weighted by Crippen LogP contribution is 2.36. The standard InChI is InChI=1S/C17H18N2O3S/c20-15(18-10-13-5-3-9-23-13)16(21)19-11-17(22)8-7-12-4-1-2-6-14(12)17/h1-6,9,22H,7-8,10-11H2,(H,18,20)(H,19,21)/t17-/m0/s1. The lowest BCUT2D eigenvalue weighted by Gasteiger charge is -2.24. The van der Waals surface area contributed by atoms with Crippen molar-refractivity contribution in [1.29, 1.82) is 0 Å². The minimum absolute atomic E-state index is 0.0370. The van der Waals surface area contributed by atoms with Gasteiger partial charge in [-0.15, -0.1) is 11.3 Å². The summed E-state index contributed by atoms with van der Waals surface area (Å²) in [6.45, 7) is 0.367. The molecule has 120 valence electrons. The van der Waals surface area contributed by atoms with Crippen LogP contribution in [0.3, 0.4) is 0 Å². The Kier molecular flexibility index (Phi) is 4.45. The van der Waals surface area contributed by atoms with Crippen molar-refractivity contribution in [2.45, 2.75) is 25.0 Å². The molecule has 0 saturated carbocycles. The van der Waals surface area contributed by atoms with Crippen LogP contribution in [-0.2, 0) is 28.2 Å². The van der Waals surface area contributed by atoms with E-state index in [-0.39, 0.29) is 6.54 Å². The number of carbonyl (C=O) groups excluding carboxylic acids is 2. The van der Waals surface area contributed by atoms with Crippen LogP contribution in [0, 0.1) is 0 Å². The Hall–Kier alpha value is -2.18. The van der Waals surface area contributed by atoms with E-state index in [1.807, 2.05) is 41.8 Å². The number of hydrogen-bond acceptors (Lipinski definition) is 4. The Balaban J connectivity index is 1.54. The Morgan fingerprint density at radius 3 is 2.70 bits per heavy atom. The van der Waals surface area contributed by atoms with Crippen LogP contribution in [0.2, 0.25) is 0 Å². The first-order valence-electron chi connectivity index (χ1n) is 7.48. The van der Waals surface area contributed by atoms with Gasteiger partial charge in [0, 0.05) is 4.88 Å². The largest absolute Gasteiger partial charge is 0.383 e. The molecule has 6 heteroatoms. The van der Waals surface area contributed by atoms with Gasteiger partial charge < -0.3 is 15.7 Å². The van der Waals surface area contributed by atoms with Crippen molar-refractivity contribution in [3.05, 3.63) is 57.8 Å². The van der Waals surface area contributed by atoms with Crippen LogP contribution in [0.1, 0.15) is 22.4 Å². The summed E-state index contributed by atoms with van der Waals surface area (Å²) in [5.41, 5.74) is 0.825. The van der Waals surface area contributed by atoms with Gasteiger partial charge in [0.1, 0.15) is 5.60 Å². The first-order chi connectivity index (χ1) is 11.1. The Morgan fingerprint density at radius 1 is 1.13 bits per heavy atom. The van der Waals surface area contributed by atoms with E-state index in [9.17, 15) is 14.7 Å². The molecule has 0 unspecified atom stereocenters. The third-order valence-corrected chi connectivity index (χ3v) is 4.95. The topological polar surface area (TPSA) is 78.4 Å². The molecule has 1 heterocycles. The van der Waals surface area contributed by atoms with Gasteiger partial charge in [-0.25, -0.2) is 0 Å². The Morgan fingerprint density at radius 2 is 1.91 bits per heavy atom. The summed E-state index contributed by atoms with van der Waals surface area (Å²) in [5.74, 6) is -1.41. The molecule has 0 spiro atoms. The monoisotopic (exact) mass is 330 g/mol. The quantitative estimate of drug-likeness (QED) is 0.740. The number of aliphatic hydroxyl groups is 1. The van der Waals surface area contributed by atoms with E-state index >= 15 is 0 Å². The first kappa shape index (κ1) is 15.7. The fourth-order valence-corrected chi connectivity index (χ4v) is 3.46. The zero-order chi connectivity index (χ0) is 16.3. The molecule has 0 fully saturated rings. The minimum Gasteiger partial charge on any atom is -0.383 e. The molecule has 1 aliphatic carbocycles. The lowest BCUT2D eigenvalue weighted by molar-refractivity contribution is -0.140. The molecule has 3 rings (SSSR count). The zero-order valence-corrected chi connectivity index (χ0v) is 13.4. The summed E-state index contributed by atoms with van der Waals surface area (Å²) in [7, 11) is 0. The average Bonchev–Trinajstić information content (AvgIpc) is 3.20. The smallest absolute Gasteiger partial charge is 0.309 e. The number of nitrogens with one attached hydrogen (secondary N) is 2.